The quantitative estimate of drug-likeness (QED) is 0.592. The minimum Gasteiger partial charge on any atom is -0.337 e. The summed E-state index contributed by atoms with van der Waals surface area (Å²) in [5.41, 5.74) is 4.06. The minimum atomic E-state index is -3.72. The first-order valence-electron chi connectivity index (χ1n) is 9.65. The van der Waals surface area contributed by atoms with Gasteiger partial charge in [-0.05, 0) is 49.7 Å². The summed E-state index contributed by atoms with van der Waals surface area (Å²) in [7, 11) is -0.483. The van der Waals surface area contributed by atoms with Crippen molar-refractivity contribution in [2.45, 2.75) is 25.3 Å². The first-order valence-corrected chi connectivity index (χ1v) is 11.1. The summed E-state index contributed by atoms with van der Waals surface area (Å²) >= 11 is 0. The van der Waals surface area contributed by atoms with Gasteiger partial charge in [-0.2, -0.15) is 0 Å². The first kappa shape index (κ1) is 21.6. The molecule has 5 nitrogen and oxygen atoms in total. The van der Waals surface area contributed by atoms with Gasteiger partial charge in [-0.3, -0.25) is 9.10 Å². The molecule has 0 aromatic heterocycles. The number of benzene rings is 3. The summed E-state index contributed by atoms with van der Waals surface area (Å²) < 4.78 is 27.1. The normalized spacial score (nSPS) is 11.2. The summed E-state index contributed by atoms with van der Waals surface area (Å²) in [5, 5.41) is 0. The van der Waals surface area contributed by atoms with Crippen molar-refractivity contribution < 1.29 is 13.2 Å². The van der Waals surface area contributed by atoms with Crippen molar-refractivity contribution in [3.63, 3.8) is 0 Å². The zero-order valence-corrected chi connectivity index (χ0v) is 18.5. The van der Waals surface area contributed by atoms with E-state index in [1.54, 1.807) is 60.5 Å². The number of nitrogens with zero attached hydrogens (tertiary/aromatic N) is 2. The predicted molar refractivity (Wildman–Crippen MR) is 120 cm³/mol. The van der Waals surface area contributed by atoms with Gasteiger partial charge in [0, 0.05) is 26.2 Å². The number of anilines is 1. The summed E-state index contributed by atoms with van der Waals surface area (Å²) in [6.45, 7) is 4.40. The minimum absolute atomic E-state index is 0.168. The van der Waals surface area contributed by atoms with Crippen molar-refractivity contribution in [3.05, 3.63) is 95.1 Å². The highest BCUT2D eigenvalue weighted by Gasteiger charge is 2.22. The first-order chi connectivity index (χ1) is 14.2. The van der Waals surface area contributed by atoms with Crippen LogP contribution in [0.25, 0.3) is 0 Å². The fourth-order valence-electron chi connectivity index (χ4n) is 3.10. The molecule has 0 bridgehead atoms. The van der Waals surface area contributed by atoms with E-state index < -0.39 is 10.0 Å². The fourth-order valence-corrected chi connectivity index (χ4v) is 4.29. The maximum absolute atomic E-state index is 13.0. The molecule has 0 saturated carbocycles. The lowest BCUT2D eigenvalue weighted by atomic mass is 10.1. The highest BCUT2D eigenvalue weighted by molar-refractivity contribution is 7.92. The molecule has 0 heterocycles. The Hall–Kier alpha value is -3.12. The van der Waals surface area contributed by atoms with Gasteiger partial charge in [0.1, 0.15) is 0 Å². The van der Waals surface area contributed by atoms with Crippen molar-refractivity contribution in [1.29, 1.82) is 0 Å². The van der Waals surface area contributed by atoms with Crippen LogP contribution in [0.1, 0.15) is 27.0 Å². The number of amides is 1. The predicted octanol–water partition coefficient (Wildman–Crippen LogP) is 4.40. The van der Waals surface area contributed by atoms with Crippen LogP contribution in [0, 0.1) is 13.8 Å². The third-order valence-electron chi connectivity index (χ3n) is 5.02. The van der Waals surface area contributed by atoms with Crippen molar-refractivity contribution in [3.8, 4) is 0 Å². The Morgan fingerprint density at radius 3 is 2.00 bits per heavy atom. The van der Waals surface area contributed by atoms with E-state index in [1.807, 2.05) is 38.1 Å². The number of carbonyl (C=O) groups is 1. The molecule has 0 aliphatic rings. The fraction of sp³-hybridized carbons (Fsp3) is 0.208. The molecule has 0 atom stereocenters. The zero-order chi connectivity index (χ0) is 21.9. The van der Waals surface area contributed by atoms with Crippen LogP contribution in [0.5, 0.6) is 0 Å². The van der Waals surface area contributed by atoms with Gasteiger partial charge in [-0.15, -0.1) is 0 Å². The Bertz CT molecular complexity index is 1140. The zero-order valence-electron chi connectivity index (χ0n) is 17.7. The molecule has 3 aromatic rings. The molecule has 156 valence electrons. The summed E-state index contributed by atoms with van der Waals surface area (Å²) in [6.07, 6.45) is 0. The van der Waals surface area contributed by atoms with Crippen LogP contribution in [0.3, 0.4) is 0 Å². The summed E-state index contributed by atoms with van der Waals surface area (Å²) in [4.78, 5) is 14.7. The van der Waals surface area contributed by atoms with Crippen LogP contribution in [0.2, 0.25) is 0 Å². The molecule has 6 heteroatoms. The molecule has 30 heavy (non-hydrogen) atoms. The van der Waals surface area contributed by atoms with E-state index >= 15 is 0 Å². The third kappa shape index (κ3) is 4.71. The van der Waals surface area contributed by atoms with Gasteiger partial charge in [0.25, 0.3) is 15.9 Å². The Labute approximate surface area is 178 Å². The Morgan fingerprint density at radius 1 is 0.833 bits per heavy atom. The SMILES string of the molecule is Cc1ccc(CN(C)C(=O)c2cccc(N(C)S(=O)(=O)c3ccc(C)cc3)c2)cc1. The lowest BCUT2D eigenvalue weighted by molar-refractivity contribution is 0.0785. The molecule has 0 fully saturated rings. The standard InChI is InChI=1S/C24H26N2O3S/c1-18-8-12-20(13-9-18)17-25(3)24(27)21-6-5-7-22(16-21)26(4)30(28,29)23-14-10-19(2)11-15-23/h5-16H,17H2,1-4H3. The maximum Gasteiger partial charge on any atom is 0.264 e. The largest absolute Gasteiger partial charge is 0.337 e. The van der Waals surface area contributed by atoms with Crippen molar-refractivity contribution in [1.82, 2.24) is 4.90 Å². The third-order valence-corrected chi connectivity index (χ3v) is 6.82. The molecule has 0 aliphatic heterocycles. The second-order valence-electron chi connectivity index (χ2n) is 7.48. The van der Waals surface area contributed by atoms with Crippen LogP contribution in [-0.2, 0) is 16.6 Å². The van der Waals surface area contributed by atoms with E-state index in [4.69, 9.17) is 0 Å². The molecule has 0 unspecified atom stereocenters. The van der Waals surface area contributed by atoms with Gasteiger partial charge in [0.15, 0.2) is 0 Å². The Balaban J connectivity index is 1.81. The van der Waals surface area contributed by atoms with Crippen LogP contribution in [-0.4, -0.2) is 33.3 Å². The van der Waals surface area contributed by atoms with Gasteiger partial charge in [0.05, 0.1) is 10.6 Å². The van der Waals surface area contributed by atoms with Gasteiger partial charge in [0.2, 0.25) is 0 Å². The monoisotopic (exact) mass is 422 g/mol. The van der Waals surface area contributed by atoms with Crippen molar-refractivity contribution >= 4 is 21.6 Å². The number of aryl methyl sites for hydroxylation is 2. The average Bonchev–Trinajstić information content (AvgIpc) is 2.74. The molecule has 0 radical (unpaired) electrons. The molecule has 0 saturated heterocycles. The number of carbonyl (C=O) groups excluding carboxylic acids is 1. The van der Waals surface area contributed by atoms with E-state index in [2.05, 4.69) is 0 Å². The highest BCUT2D eigenvalue weighted by Crippen LogP contribution is 2.24. The lowest BCUT2D eigenvalue weighted by Gasteiger charge is -2.22. The van der Waals surface area contributed by atoms with Crippen LogP contribution in [0.15, 0.2) is 77.7 Å². The molecule has 0 spiro atoms. The van der Waals surface area contributed by atoms with Crippen LogP contribution >= 0.6 is 0 Å². The van der Waals surface area contributed by atoms with Gasteiger partial charge in [-0.25, -0.2) is 8.42 Å². The molecule has 1 amide bonds. The van der Waals surface area contributed by atoms with Crippen LogP contribution in [0.4, 0.5) is 5.69 Å². The molecule has 0 aliphatic carbocycles. The molecular weight excluding hydrogens is 396 g/mol. The molecule has 0 N–H and O–H groups in total. The van der Waals surface area contributed by atoms with Crippen molar-refractivity contribution in [2.24, 2.45) is 0 Å². The average molecular weight is 423 g/mol. The highest BCUT2D eigenvalue weighted by atomic mass is 32.2. The van der Waals surface area contributed by atoms with E-state index in [9.17, 15) is 13.2 Å². The second-order valence-corrected chi connectivity index (χ2v) is 9.45. The van der Waals surface area contributed by atoms with Crippen molar-refractivity contribution in [2.75, 3.05) is 18.4 Å². The summed E-state index contributed by atoms with van der Waals surface area (Å²) in [5.74, 6) is -0.168. The summed E-state index contributed by atoms with van der Waals surface area (Å²) in [6, 6.07) is 21.4. The number of sulfonamides is 1. The Kier molecular flexibility index (Phi) is 6.27. The second kappa shape index (κ2) is 8.71. The van der Waals surface area contributed by atoms with Gasteiger partial charge < -0.3 is 4.90 Å². The molecular formula is C24H26N2O3S. The van der Waals surface area contributed by atoms with Crippen LogP contribution < -0.4 is 4.31 Å². The van der Waals surface area contributed by atoms with Gasteiger partial charge >= 0.3 is 0 Å². The van der Waals surface area contributed by atoms with Gasteiger partial charge in [-0.1, -0.05) is 53.6 Å². The topological polar surface area (TPSA) is 57.7 Å². The number of rotatable bonds is 6. The Morgan fingerprint density at radius 2 is 1.40 bits per heavy atom. The van der Waals surface area contributed by atoms with E-state index in [-0.39, 0.29) is 10.8 Å². The smallest absolute Gasteiger partial charge is 0.264 e. The number of hydrogen-bond acceptors (Lipinski definition) is 3. The molecule has 3 aromatic carbocycles. The lowest BCUT2D eigenvalue weighted by Crippen LogP contribution is -2.28. The van der Waals surface area contributed by atoms with E-state index in [1.165, 1.54) is 16.9 Å². The molecule has 3 rings (SSSR count). The maximum atomic E-state index is 13.0. The van der Waals surface area contributed by atoms with E-state index in [0.29, 0.717) is 17.8 Å². The number of hydrogen-bond donors (Lipinski definition) is 0. The van der Waals surface area contributed by atoms with E-state index in [0.717, 1.165) is 11.1 Å².